The lowest BCUT2D eigenvalue weighted by molar-refractivity contribution is -0.145. The summed E-state index contributed by atoms with van der Waals surface area (Å²) >= 11 is 0. The molecule has 0 saturated heterocycles. The van der Waals surface area contributed by atoms with Gasteiger partial charge in [-0.2, -0.15) is 28.2 Å². The summed E-state index contributed by atoms with van der Waals surface area (Å²) in [5.41, 5.74) is 0.603. The van der Waals surface area contributed by atoms with E-state index in [-0.39, 0.29) is 43.2 Å². The predicted octanol–water partition coefficient (Wildman–Crippen LogP) is 5.11. The number of halogens is 5. The first-order chi connectivity index (χ1) is 20.8. The molecular weight excluding hydrogens is 587 g/mol. The van der Waals surface area contributed by atoms with Crippen LogP contribution in [0.3, 0.4) is 0 Å². The molecule has 238 valence electrons. The summed E-state index contributed by atoms with van der Waals surface area (Å²) in [4.78, 5) is 32.0. The summed E-state index contributed by atoms with van der Waals surface area (Å²) < 4.78 is 67.7. The monoisotopic (exact) mass is 622 g/mol. The van der Waals surface area contributed by atoms with Gasteiger partial charge in [-0.3, -0.25) is 9.59 Å². The molecule has 0 bridgehead atoms. The number of rotatable bonds is 11. The van der Waals surface area contributed by atoms with Gasteiger partial charge < -0.3 is 10.6 Å². The number of fused-ring (bicyclic) bond motifs is 1. The fraction of sp³-hybridized carbons (Fsp3) is 0.655. The average Bonchev–Trinajstić information content (AvgIpc) is 3.88. The maximum absolute atomic E-state index is 14.1. The molecule has 15 heteroatoms. The number of nitrogens with zero attached hydrogens (tertiary/aromatic N) is 6. The van der Waals surface area contributed by atoms with E-state index in [9.17, 15) is 31.5 Å². The smallest absolute Gasteiger partial charge is 0.347 e. The number of carbonyl (C=O) groups excluding carboxylic acids is 2. The summed E-state index contributed by atoms with van der Waals surface area (Å²) in [6.45, 7) is 2.41. The molecule has 44 heavy (non-hydrogen) atoms. The number of imidazole rings is 1. The van der Waals surface area contributed by atoms with Crippen molar-refractivity contribution < 1.29 is 31.5 Å². The maximum atomic E-state index is 14.1. The molecule has 10 nitrogen and oxygen atoms in total. The summed E-state index contributed by atoms with van der Waals surface area (Å²) in [6.07, 6.45) is 1.82. The Bertz CT molecular complexity index is 1520. The minimum Gasteiger partial charge on any atom is -0.347 e. The van der Waals surface area contributed by atoms with Crippen molar-refractivity contribution in [2.24, 2.45) is 17.8 Å². The lowest BCUT2D eigenvalue weighted by Gasteiger charge is -2.33. The minimum absolute atomic E-state index is 0.0280. The van der Waals surface area contributed by atoms with Crippen LogP contribution in [-0.4, -0.2) is 53.5 Å². The number of nitrogens with one attached hydrogen (secondary N) is 2. The molecule has 3 aromatic heterocycles. The number of carbonyl (C=O) groups is 2. The van der Waals surface area contributed by atoms with Crippen molar-refractivity contribution >= 4 is 17.5 Å². The standard InChI is InChI=1S/C29H35F5N8O2/c1-27(19-4-5-19,39-24(43)8-11-29(32,33)34)20-12-23-37-22(16-41(23)35-13-20)25(18-6-9-28(30,31)10-7-18)38-26(44)21-14-36-42(40-21)15-17-2-3-17/h12-14,16-19,25H,2-11,15H2,1H3,(H,38,44)(H,39,43)/t25-,27-/m0/s1. The zero-order chi connectivity index (χ0) is 31.3. The zero-order valence-corrected chi connectivity index (χ0v) is 24.3. The molecule has 3 aliphatic carbocycles. The Balaban J connectivity index is 1.25. The lowest BCUT2D eigenvalue weighted by atomic mass is 9.81. The highest BCUT2D eigenvalue weighted by Gasteiger charge is 2.45. The van der Waals surface area contributed by atoms with Gasteiger partial charge in [-0.1, -0.05) is 0 Å². The van der Waals surface area contributed by atoms with Gasteiger partial charge in [0.15, 0.2) is 11.3 Å². The van der Waals surface area contributed by atoms with Crippen LogP contribution in [0.2, 0.25) is 0 Å². The van der Waals surface area contributed by atoms with Gasteiger partial charge in [-0.15, -0.1) is 5.10 Å². The third-order valence-electron chi connectivity index (χ3n) is 9.09. The largest absolute Gasteiger partial charge is 0.389 e. The number of alkyl halides is 5. The molecule has 3 aromatic rings. The summed E-state index contributed by atoms with van der Waals surface area (Å²) in [5, 5.41) is 18.7. The molecular formula is C29H35F5N8O2. The van der Waals surface area contributed by atoms with Crippen LogP contribution >= 0.6 is 0 Å². The minimum atomic E-state index is -4.44. The average molecular weight is 623 g/mol. The highest BCUT2D eigenvalue weighted by atomic mass is 19.4. The quantitative estimate of drug-likeness (QED) is 0.287. The van der Waals surface area contributed by atoms with E-state index in [1.165, 1.54) is 15.5 Å². The van der Waals surface area contributed by atoms with E-state index < -0.39 is 48.3 Å². The normalized spacial score (nSPS) is 21.1. The third kappa shape index (κ3) is 7.01. The molecule has 0 radical (unpaired) electrons. The van der Waals surface area contributed by atoms with Crippen molar-refractivity contribution in [2.45, 2.75) is 101 Å². The molecule has 3 aliphatic rings. The fourth-order valence-corrected chi connectivity index (χ4v) is 6.07. The first-order valence-corrected chi connectivity index (χ1v) is 15.1. The highest BCUT2D eigenvalue weighted by molar-refractivity contribution is 5.92. The molecule has 2 amide bonds. The van der Waals surface area contributed by atoms with Crippen molar-refractivity contribution in [1.82, 2.24) is 40.2 Å². The first kappa shape index (κ1) is 30.4. The van der Waals surface area contributed by atoms with Gasteiger partial charge in [0.1, 0.15) is 0 Å². The van der Waals surface area contributed by atoms with Crippen LogP contribution in [0.5, 0.6) is 0 Å². The van der Waals surface area contributed by atoms with E-state index in [1.54, 1.807) is 25.4 Å². The molecule has 0 aromatic carbocycles. The topological polar surface area (TPSA) is 119 Å². The molecule has 3 fully saturated rings. The van der Waals surface area contributed by atoms with Crippen molar-refractivity contribution in [1.29, 1.82) is 0 Å². The van der Waals surface area contributed by atoms with Crippen LogP contribution in [0.25, 0.3) is 5.65 Å². The van der Waals surface area contributed by atoms with Gasteiger partial charge in [-0.05, 0) is 69.3 Å². The Hall–Kier alpha value is -3.65. The summed E-state index contributed by atoms with van der Waals surface area (Å²) in [6, 6.07) is 1.02. The molecule has 6 rings (SSSR count). The second-order valence-electron chi connectivity index (χ2n) is 12.7. The lowest BCUT2D eigenvalue weighted by Crippen LogP contribution is -2.45. The number of hydrogen-bond donors (Lipinski definition) is 2. The maximum Gasteiger partial charge on any atom is 0.389 e. The van der Waals surface area contributed by atoms with E-state index in [1.807, 2.05) is 0 Å². The Morgan fingerprint density at radius 3 is 2.45 bits per heavy atom. The van der Waals surface area contributed by atoms with E-state index in [4.69, 9.17) is 4.98 Å². The van der Waals surface area contributed by atoms with Crippen molar-refractivity contribution in [2.75, 3.05) is 0 Å². The van der Waals surface area contributed by atoms with E-state index in [0.29, 0.717) is 29.4 Å². The SMILES string of the molecule is C[C@@](NC(=O)CCC(F)(F)F)(c1cnn2cc([C@@H](NC(=O)c3cnn(CC4CC4)n3)C3CCC(F)(F)CC3)nc2c1)C1CC1. The van der Waals surface area contributed by atoms with Gasteiger partial charge in [0.05, 0.1) is 48.8 Å². The van der Waals surface area contributed by atoms with Crippen LogP contribution < -0.4 is 10.6 Å². The van der Waals surface area contributed by atoms with E-state index in [2.05, 4.69) is 25.9 Å². The van der Waals surface area contributed by atoms with Crippen LogP contribution in [-0.2, 0) is 16.9 Å². The first-order valence-electron chi connectivity index (χ1n) is 15.1. The van der Waals surface area contributed by atoms with Gasteiger partial charge in [0.25, 0.3) is 5.91 Å². The van der Waals surface area contributed by atoms with Gasteiger partial charge in [-0.25, -0.2) is 18.3 Å². The van der Waals surface area contributed by atoms with Gasteiger partial charge >= 0.3 is 6.18 Å². The Morgan fingerprint density at radius 2 is 1.80 bits per heavy atom. The van der Waals surface area contributed by atoms with Crippen molar-refractivity contribution in [3.05, 3.63) is 41.6 Å². The molecule has 3 saturated carbocycles. The summed E-state index contributed by atoms with van der Waals surface area (Å²) in [7, 11) is 0. The van der Waals surface area contributed by atoms with Gasteiger partial charge in [0.2, 0.25) is 11.8 Å². The van der Waals surface area contributed by atoms with Crippen LogP contribution in [0.1, 0.15) is 98.9 Å². The number of aromatic nitrogens is 6. The second-order valence-corrected chi connectivity index (χ2v) is 12.7. The third-order valence-corrected chi connectivity index (χ3v) is 9.09. The van der Waals surface area contributed by atoms with Crippen molar-refractivity contribution in [3.63, 3.8) is 0 Å². The predicted molar refractivity (Wildman–Crippen MR) is 146 cm³/mol. The Kier molecular flexibility index (Phi) is 7.85. The van der Waals surface area contributed by atoms with Crippen molar-refractivity contribution in [3.8, 4) is 0 Å². The van der Waals surface area contributed by atoms with E-state index >= 15 is 0 Å². The fourth-order valence-electron chi connectivity index (χ4n) is 6.07. The Labute approximate surface area is 250 Å². The number of amides is 2. The molecule has 2 N–H and O–H groups in total. The molecule has 3 heterocycles. The molecule has 0 spiro atoms. The molecule has 2 atom stereocenters. The highest BCUT2D eigenvalue weighted by Crippen LogP contribution is 2.46. The van der Waals surface area contributed by atoms with Gasteiger partial charge in [0, 0.05) is 24.8 Å². The molecule has 0 unspecified atom stereocenters. The number of hydrogen-bond acceptors (Lipinski definition) is 6. The van der Waals surface area contributed by atoms with Crippen LogP contribution in [0.15, 0.2) is 24.7 Å². The molecule has 0 aliphatic heterocycles. The Morgan fingerprint density at radius 1 is 1.07 bits per heavy atom. The second kappa shape index (κ2) is 11.4. The van der Waals surface area contributed by atoms with Crippen LogP contribution in [0.4, 0.5) is 22.0 Å². The zero-order valence-electron chi connectivity index (χ0n) is 24.3. The van der Waals surface area contributed by atoms with Crippen LogP contribution in [0, 0.1) is 17.8 Å². The van der Waals surface area contributed by atoms with E-state index in [0.717, 1.165) is 25.7 Å². The summed E-state index contributed by atoms with van der Waals surface area (Å²) in [5.74, 6) is -3.71.